The Morgan fingerprint density at radius 2 is 1.74 bits per heavy atom. The maximum Gasteiger partial charge on any atom is 0.181 e. The first-order chi connectivity index (χ1) is 18.5. The largest absolute Gasteiger partial charge is 0.393 e. The molecule has 0 spiro atoms. The minimum atomic E-state index is -3.51. The first kappa shape index (κ1) is 29.3. The van der Waals surface area contributed by atoms with E-state index in [-0.39, 0.29) is 5.41 Å². The summed E-state index contributed by atoms with van der Waals surface area (Å²) in [4.78, 5) is 0.383. The molecule has 3 fully saturated rings. The first-order valence-electron chi connectivity index (χ1n) is 15.9. The van der Waals surface area contributed by atoms with Gasteiger partial charge in [0.2, 0.25) is 0 Å². The van der Waals surface area contributed by atoms with E-state index < -0.39 is 26.8 Å². The van der Waals surface area contributed by atoms with Crippen LogP contribution in [-0.2, 0) is 9.84 Å². The molecule has 10 atom stereocenters. The van der Waals surface area contributed by atoms with Crippen molar-refractivity contribution >= 4 is 9.84 Å². The van der Waals surface area contributed by atoms with E-state index in [1.54, 1.807) is 29.8 Å². The molecular weight excluding hydrogens is 504 g/mol. The molecule has 0 radical (unpaired) electrons. The van der Waals surface area contributed by atoms with Crippen molar-refractivity contribution in [2.45, 2.75) is 127 Å². The van der Waals surface area contributed by atoms with Crippen LogP contribution in [0.5, 0.6) is 0 Å². The molecule has 0 amide bonds. The molecule has 3 saturated carbocycles. The monoisotopic (exact) mass is 556 g/mol. The van der Waals surface area contributed by atoms with Crippen LogP contribution in [0.2, 0.25) is 0 Å². The first-order valence-corrected chi connectivity index (χ1v) is 17.5. The van der Waals surface area contributed by atoms with Crippen molar-refractivity contribution in [2.24, 2.45) is 40.9 Å². The molecule has 1 aromatic carbocycles. The van der Waals surface area contributed by atoms with Gasteiger partial charge < -0.3 is 10.2 Å². The zero-order valence-electron chi connectivity index (χ0n) is 24.7. The lowest BCUT2D eigenvalue weighted by molar-refractivity contribution is -0.0460. The SMILES string of the molecule is CCC(O)CC(CC(C)[C@H]1CCC2C3CC=C4C[C@](O)(CC)CCC4C3CCC21C)S(=O)(=O)c1ccccc1. The molecule has 5 heteroatoms. The predicted octanol–water partition coefficient (Wildman–Crippen LogP) is 7.35. The van der Waals surface area contributed by atoms with Crippen LogP contribution in [0.3, 0.4) is 0 Å². The van der Waals surface area contributed by atoms with Gasteiger partial charge in [0.25, 0.3) is 0 Å². The van der Waals surface area contributed by atoms with E-state index in [1.165, 1.54) is 25.7 Å². The lowest BCUT2D eigenvalue weighted by Crippen LogP contribution is -2.48. The van der Waals surface area contributed by atoms with Crippen molar-refractivity contribution in [1.82, 2.24) is 0 Å². The number of allylic oxidation sites excluding steroid dienone is 1. The second kappa shape index (κ2) is 11.2. The summed E-state index contributed by atoms with van der Waals surface area (Å²) in [5.74, 6) is 3.68. The molecule has 0 saturated heterocycles. The second-order valence-corrected chi connectivity index (χ2v) is 16.3. The van der Waals surface area contributed by atoms with Crippen LogP contribution in [-0.4, -0.2) is 35.6 Å². The molecule has 4 nitrogen and oxygen atoms in total. The van der Waals surface area contributed by atoms with E-state index in [0.717, 1.165) is 43.9 Å². The molecule has 218 valence electrons. The summed E-state index contributed by atoms with van der Waals surface area (Å²) in [5, 5.41) is 21.0. The van der Waals surface area contributed by atoms with Gasteiger partial charge >= 0.3 is 0 Å². The van der Waals surface area contributed by atoms with Gasteiger partial charge in [0.1, 0.15) is 0 Å². The van der Waals surface area contributed by atoms with Crippen LogP contribution >= 0.6 is 0 Å². The van der Waals surface area contributed by atoms with Crippen molar-refractivity contribution in [1.29, 1.82) is 0 Å². The van der Waals surface area contributed by atoms with Crippen LogP contribution < -0.4 is 0 Å². The molecule has 0 aliphatic heterocycles. The van der Waals surface area contributed by atoms with Crippen molar-refractivity contribution in [3.05, 3.63) is 42.0 Å². The summed E-state index contributed by atoms with van der Waals surface area (Å²) in [5.41, 5.74) is 1.31. The summed E-state index contributed by atoms with van der Waals surface area (Å²) in [6, 6.07) is 8.86. The van der Waals surface area contributed by atoms with E-state index in [9.17, 15) is 18.6 Å². The van der Waals surface area contributed by atoms with Gasteiger partial charge in [-0.3, -0.25) is 0 Å². The number of hydrogen-bond acceptors (Lipinski definition) is 4. The Bertz CT molecular complexity index is 1130. The van der Waals surface area contributed by atoms with E-state index in [0.29, 0.717) is 47.8 Å². The van der Waals surface area contributed by atoms with Crippen LogP contribution in [0.25, 0.3) is 0 Å². The average Bonchev–Trinajstić information content (AvgIpc) is 3.30. The van der Waals surface area contributed by atoms with Crippen LogP contribution in [0.1, 0.15) is 105 Å². The number of aliphatic hydroxyl groups is 2. The molecule has 0 aromatic heterocycles. The summed E-state index contributed by atoms with van der Waals surface area (Å²) >= 11 is 0. The highest BCUT2D eigenvalue weighted by atomic mass is 32.2. The molecule has 2 N–H and O–H groups in total. The van der Waals surface area contributed by atoms with Gasteiger partial charge in [-0.2, -0.15) is 0 Å². The molecule has 8 unspecified atom stereocenters. The van der Waals surface area contributed by atoms with E-state index in [4.69, 9.17) is 0 Å². The quantitative estimate of drug-likeness (QED) is 0.312. The van der Waals surface area contributed by atoms with Gasteiger partial charge in [0, 0.05) is 0 Å². The average molecular weight is 557 g/mol. The van der Waals surface area contributed by atoms with Gasteiger partial charge in [0.05, 0.1) is 21.9 Å². The second-order valence-electron chi connectivity index (χ2n) is 14.1. The standard InChI is InChI=1S/C34H52O4S/c1-5-25(35)21-27(39(37,38)26-10-8-7-9-11-26)20-23(3)31-14-15-32-30-13-12-24-22-34(36,6-2)19-17-28(24)29(30)16-18-33(31,32)4/h7-12,23,25,27-32,35-36H,5-6,13-22H2,1-4H3/t23?,25?,27?,28?,29?,30?,31-,32?,33?,34+/m1/s1. The number of benzene rings is 1. The Hall–Kier alpha value is -1.17. The molecule has 5 rings (SSSR count). The molecule has 0 heterocycles. The fourth-order valence-electron chi connectivity index (χ4n) is 9.84. The van der Waals surface area contributed by atoms with Crippen molar-refractivity contribution in [2.75, 3.05) is 0 Å². The highest BCUT2D eigenvalue weighted by molar-refractivity contribution is 7.92. The minimum absolute atomic E-state index is 0.259. The third kappa shape index (κ3) is 5.42. The molecule has 4 aliphatic rings. The van der Waals surface area contributed by atoms with Crippen LogP contribution in [0.4, 0.5) is 0 Å². The third-order valence-electron chi connectivity index (χ3n) is 12.2. The predicted molar refractivity (Wildman–Crippen MR) is 158 cm³/mol. The zero-order chi connectivity index (χ0) is 28.0. The normalized spacial score (nSPS) is 38.6. The van der Waals surface area contributed by atoms with Crippen LogP contribution in [0.15, 0.2) is 46.9 Å². The molecular formula is C34H52O4S. The third-order valence-corrected chi connectivity index (χ3v) is 14.4. The maximum atomic E-state index is 13.8. The molecule has 4 aliphatic carbocycles. The lowest BCUT2D eigenvalue weighted by Gasteiger charge is -2.55. The Morgan fingerprint density at radius 1 is 1.00 bits per heavy atom. The van der Waals surface area contributed by atoms with Crippen molar-refractivity contribution < 1.29 is 18.6 Å². The molecule has 1 aromatic rings. The minimum Gasteiger partial charge on any atom is -0.393 e. The Morgan fingerprint density at radius 3 is 2.44 bits per heavy atom. The maximum absolute atomic E-state index is 13.8. The number of rotatable bonds is 9. The lowest BCUT2D eigenvalue weighted by atomic mass is 9.50. The Balaban J connectivity index is 1.33. The molecule has 39 heavy (non-hydrogen) atoms. The fraction of sp³-hybridized carbons (Fsp3) is 0.765. The van der Waals surface area contributed by atoms with Gasteiger partial charge in [-0.15, -0.1) is 0 Å². The van der Waals surface area contributed by atoms with E-state index in [2.05, 4.69) is 26.8 Å². The molecule has 0 bridgehead atoms. The Kier molecular flexibility index (Phi) is 8.46. The fourth-order valence-corrected chi connectivity index (χ4v) is 11.8. The summed E-state index contributed by atoms with van der Waals surface area (Å²) in [6.07, 6.45) is 13.4. The highest BCUT2D eigenvalue weighted by Crippen LogP contribution is 2.65. The number of sulfone groups is 1. The highest BCUT2D eigenvalue weighted by Gasteiger charge is 2.57. The van der Waals surface area contributed by atoms with E-state index in [1.807, 2.05) is 13.0 Å². The van der Waals surface area contributed by atoms with Gasteiger partial charge in [-0.1, -0.05) is 57.5 Å². The number of aliphatic hydroxyl groups excluding tert-OH is 1. The van der Waals surface area contributed by atoms with E-state index >= 15 is 0 Å². The Labute approximate surface area is 237 Å². The van der Waals surface area contributed by atoms with Crippen molar-refractivity contribution in [3.63, 3.8) is 0 Å². The summed E-state index contributed by atoms with van der Waals surface area (Å²) < 4.78 is 27.5. The van der Waals surface area contributed by atoms with Gasteiger partial charge in [0.15, 0.2) is 9.84 Å². The summed E-state index contributed by atoms with van der Waals surface area (Å²) in [7, 11) is -3.51. The van der Waals surface area contributed by atoms with Gasteiger partial charge in [-0.25, -0.2) is 8.42 Å². The van der Waals surface area contributed by atoms with Gasteiger partial charge in [-0.05, 0) is 130 Å². The number of fused-ring (bicyclic) bond motifs is 5. The zero-order valence-corrected chi connectivity index (χ0v) is 25.5. The van der Waals surface area contributed by atoms with Crippen molar-refractivity contribution in [3.8, 4) is 0 Å². The number of hydrogen-bond donors (Lipinski definition) is 2. The smallest absolute Gasteiger partial charge is 0.181 e. The summed E-state index contributed by atoms with van der Waals surface area (Å²) in [6.45, 7) is 8.87. The van der Waals surface area contributed by atoms with Crippen LogP contribution in [0, 0.1) is 40.9 Å². The topological polar surface area (TPSA) is 74.6 Å².